The van der Waals surface area contributed by atoms with Crippen molar-refractivity contribution in [3.63, 3.8) is 0 Å². The Morgan fingerprint density at radius 2 is 2.05 bits per heavy atom. The molecule has 0 aliphatic carbocycles. The van der Waals surface area contributed by atoms with Crippen LogP contribution in [0.15, 0.2) is 42.6 Å². The third kappa shape index (κ3) is 3.38. The number of benzene rings is 1. The normalized spacial score (nSPS) is 10.1. The Kier molecular flexibility index (Phi) is 4.25. The van der Waals surface area contributed by atoms with Crippen LogP contribution in [-0.4, -0.2) is 27.6 Å². The molecule has 5 nitrogen and oxygen atoms in total. The number of carbonyl (C=O) groups is 1. The van der Waals surface area contributed by atoms with E-state index in [9.17, 15) is 4.79 Å². The Morgan fingerprint density at radius 1 is 1.32 bits per heavy atom. The van der Waals surface area contributed by atoms with Crippen LogP contribution >= 0.6 is 12.2 Å². The van der Waals surface area contributed by atoms with Crippen molar-refractivity contribution in [3.05, 3.63) is 48.3 Å². The monoisotopic (exact) mass is 274 g/mol. The largest absolute Gasteiger partial charge is 0.393 e. The van der Waals surface area contributed by atoms with Crippen LogP contribution in [0.5, 0.6) is 0 Å². The van der Waals surface area contributed by atoms with E-state index in [4.69, 9.17) is 18.0 Å². The van der Waals surface area contributed by atoms with E-state index in [0.717, 1.165) is 5.69 Å². The predicted octanol–water partition coefficient (Wildman–Crippen LogP) is 1.73. The van der Waals surface area contributed by atoms with Gasteiger partial charge in [-0.2, -0.15) is 5.10 Å². The molecule has 1 heterocycles. The molecular weight excluding hydrogens is 260 g/mol. The van der Waals surface area contributed by atoms with Gasteiger partial charge in [0.25, 0.3) is 5.91 Å². The number of amides is 1. The van der Waals surface area contributed by atoms with Gasteiger partial charge in [0.1, 0.15) is 5.69 Å². The van der Waals surface area contributed by atoms with Crippen LogP contribution in [0.2, 0.25) is 0 Å². The Morgan fingerprint density at radius 3 is 2.63 bits per heavy atom. The number of H-pyrrole nitrogens is 1. The van der Waals surface area contributed by atoms with E-state index in [1.807, 2.05) is 30.3 Å². The smallest absolute Gasteiger partial charge is 0.276 e. The lowest BCUT2D eigenvalue weighted by molar-refractivity contribution is 0.0983. The first-order chi connectivity index (χ1) is 9.18. The van der Waals surface area contributed by atoms with Crippen molar-refractivity contribution in [2.45, 2.75) is 6.42 Å². The van der Waals surface area contributed by atoms with E-state index in [1.165, 1.54) is 0 Å². The van der Waals surface area contributed by atoms with E-state index in [2.05, 4.69) is 10.2 Å². The lowest BCUT2D eigenvalue weighted by Gasteiger charge is -2.21. The van der Waals surface area contributed by atoms with Gasteiger partial charge in [0.15, 0.2) is 0 Å². The van der Waals surface area contributed by atoms with Crippen LogP contribution < -0.4 is 10.6 Å². The number of hydrogen-bond acceptors (Lipinski definition) is 3. The Hall–Kier alpha value is -2.21. The van der Waals surface area contributed by atoms with Gasteiger partial charge in [0, 0.05) is 24.8 Å². The van der Waals surface area contributed by atoms with Crippen molar-refractivity contribution >= 4 is 28.8 Å². The van der Waals surface area contributed by atoms with E-state index in [0.29, 0.717) is 23.6 Å². The van der Waals surface area contributed by atoms with Crippen molar-refractivity contribution in [2.24, 2.45) is 5.73 Å². The van der Waals surface area contributed by atoms with E-state index < -0.39 is 0 Å². The molecular formula is C13H14N4OS. The maximum absolute atomic E-state index is 12.4. The van der Waals surface area contributed by atoms with Gasteiger partial charge in [-0.1, -0.05) is 30.4 Å². The summed E-state index contributed by atoms with van der Waals surface area (Å²) in [5.41, 5.74) is 6.75. The Labute approximate surface area is 116 Å². The summed E-state index contributed by atoms with van der Waals surface area (Å²) >= 11 is 4.87. The summed E-state index contributed by atoms with van der Waals surface area (Å²) < 4.78 is 0. The molecule has 1 aromatic carbocycles. The van der Waals surface area contributed by atoms with Gasteiger partial charge in [-0.25, -0.2) is 0 Å². The van der Waals surface area contributed by atoms with E-state index in [-0.39, 0.29) is 5.91 Å². The second-order valence-electron chi connectivity index (χ2n) is 3.98. The zero-order valence-electron chi connectivity index (χ0n) is 10.2. The number of rotatable bonds is 5. The zero-order chi connectivity index (χ0) is 13.7. The number of nitrogens with zero attached hydrogens (tertiary/aromatic N) is 2. The molecule has 19 heavy (non-hydrogen) atoms. The van der Waals surface area contributed by atoms with Crippen LogP contribution in [0.25, 0.3) is 0 Å². The fourth-order valence-corrected chi connectivity index (χ4v) is 1.79. The fraction of sp³-hybridized carbons (Fsp3) is 0.154. The van der Waals surface area contributed by atoms with Crippen molar-refractivity contribution in [1.82, 2.24) is 10.2 Å². The number of thiocarbonyl (C=S) groups is 1. The minimum Gasteiger partial charge on any atom is -0.393 e. The first-order valence-corrected chi connectivity index (χ1v) is 6.24. The first kappa shape index (κ1) is 13.2. The lowest BCUT2D eigenvalue weighted by Crippen LogP contribution is -2.34. The fourth-order valence-electron chi connectivity index (χ4n) is 1.70. The number of carbonyl (C=O) groups excluding carboxylic acids is 1. The summed E-state index contributed by atoms with van der Waals surface area (Å²) in [6.07, 6.45) is 2.02. The maximum Gasteiger partial charge on any atom is 0.276 e. The van der Waals surface area contributed by atoms with Gasteiger partial charge in [0.2, 0.25) is 0 Å². The highest BCUT2D eigenvalue weighted by Crippen LogP contribution is 2.16. The molecule has 3 N–H and O–H groups in total. The average Bonchev–Trinajstić information content (AvgIpc) is 2.93. The van der Waals surface area contributed by atoms with Gasteiger partial charge in [0.05, 0.1) is 4.99 Å². The highest BCUT2D eigenvalue weighted by atomic mass is 32.1. The molecule has 2 aromatic rings. The van der Waals surface area contributed by atoms with Gasteiger partial charge in [-0.15, -0.1) is 0 Å². The van der Waals surface area contributed by atoms with Crippen molar-refractivity contribution < 1.29 is 4.79 Å². The Balaban J connectivity index is 2.24. The molecule has 0 radical (unpaired) electrons. The maximum atomic E-state index is 12.4. The van der Waals surface area contributed by atoms with Crippen LogP contribution in [0, 0.1) is 0 Å². The minimum atomic E-state index is -0.153. The molecule has 0 unspecified atom stereocenters. The van der Waals surface area contributed by atoms with Crippen LogP contribution in [0.4, 0.5) is 5.69 Å². The quantitative estimate of drug-likeness (QED) is 0.814. The van der Waals surface area contributed by atoms with E-state index >= 15 is 0 Å². The predicted molar refractivity (Wildman–Crippen MR) is 78.1 cm³/mol. The van der Waals surface area contributed by atoms with Gasteiger partial charge >= 0.3 is 0 Å². The highest BCUT2D eigenvalue weighted by Gasteiger charge is 2.18. The second-order valence-corrected chi connectivity index (χ2v) is 4.50. The lowest BCUT2D eigenvalue weighted by atomic mass is 10.2. The number of aromatic amines is 1. The molecule has 1 amide bonds. The topological polar surface area (TPSA) is 75.0 Å². The van der Waals surface area contributed by atoms with Crippen molar-refractivity contribution in [2.75, 3.05) is 11.4 Å². The molecule has 2 rings (SSSR count). The minimum absolute atomic E-state index is 0.153. The molecule has 0 aliphatic rings. The van der Waals surface area contributed by atoms with Crippen LogP contribution in [0.3, 0.4) is 0 Å². The molecule has 0 bridgehead atoms. The summed E-state index contributed by atoms with van der Waals surface area (Å²) in [6.45, 7) is 0.442. The second kappa shape index (κ2) is 6.10. The average molecular weight is 274 g/mol. The molecule has 1 aromatic heterocycles. The number of aromatic nitrogens is 2. The molecule has 0 fully saturated rings. The molecule has 0 aliphatic heterocycles. The first-order valence-electron chi connectivity index (χ1n) is 5.83. The number of nitrogens with two attached hydrogens (primary N) is 1. The summed E-state index contributed by atoms with van der Waals surface area (Å²) in [6, 6.07) is 11.0. The van der Waals surface area contributed by atoms with Gasteiger partial charge < -0.3 is 10.6 Å². The summed E-state index contributed by atoms with van der Waals surface area (Å²) in [5.74, 6) is -0.153. The van der Waals surface area contributed by atoms with Crippen LogP contribution in [-0.2, 0) is 0 Å². The third-order valence-electron chi connectivity index (χ3n) is 2.63. The summed E-state index contributed by atoms with van der Waals surface area (Å²) in [5, 5.41) is 6.46. The summed E-state index contributed by atoms with van der Waals surface area (Å²) in [7, 11) is 0. The van der Waals surface area contributed by atoms with Crippen LogP contribution in [0.1, 0.15) is 16.9 Å². The summed E-state index contributed by atoms with van der Waals surface area (Å²) in [4.78, 5) is 14.4. The molecule has 0 atom stereocenters. The molecule has 0 spiro atoms. The molecule has 0 saturated carbocycles. The van der Waals surface area contributed by atoms with Crippen molar-refractivity contribution in [3.8, 4) is 0 Å². The zero-order valence-corrected chi connectivity index (χ0v) is 11.1. The molecule has 98 valence electrons. The highest BCUT2D eigenvalue weighted by molar-refractivity contribution is 7.80. The number of anilines is 1. The SMILES string of the molecule is NC(=S)CCN(C(=O)c1ccn[nH]1)c1ccccc1. The third-order valence-corrected chi connectivity index (χ3v) is 2.83. The number of hydrogen-bond donors (Lipinski definition) is 2. The van der Waals surface area contributed by atoms with E-state index in [1.54, 1.807) is 17.2 Å². The standard InChI is InChI=1S/C13H14N4OS/c14-12(19)7-9-17(10-4-2-1-3-5-10)13(18)11-6-8-15-16-11/h1-6,8H,7,9H2,(H2,14,19)(H,15,16). The van der Waals surface area contributed by atoms with Gasteiger partial charge in [-0.05, 0) is 18.2 Å². The number of para-hydroxylation sites is 1. The number of nitrogens with one attached hydrogen (secondary N) is 1. The Bertz CT molecular complexity index is 553. The van der Waals surface area contributed by atoms with Gasteiger partial charge in [-0.3, -0.25) is 9.89 Å². The molecule has 6 heteroatoms. The molecule has 0 saturated heterocycles. The van der Waals surface area contributed by atoms with Crippen molar-refractivity contribution in [1.29, 1.82) is 0 Å².